The Morgan fingerprint density at radius 1 is 0.344 bits per heavy atom. The van der Waals surface area contributed by atoms with Crippen LogP contribution in [0.1, 0.15) is 194 Å². The van der Waals surface area contributed by atoms with Gasteiger partial charge in [0, 0.05) is 54.7 Å². The molecule has 508 valence electrons. The third-order valence-corrected chi connectivity index (χ3v) is 17.6. The van der Waals surface area contributed by atoms with Crippen LogP contribution in [0.3, 0.4) is 0 Å². The Morgan fingerprint density at radius 2 is 0.656 bits per heavy atom. The first-order valence-corrected chi connectivity index (χ1v) is 33.4. The second-order valence-corrected chi connectivity index (χ2v) is 28.5. The van der Waals surface area contributed by atoms with Gasteiger partial charge in [0.1, 0.15) is 40.5 Å². The van der Waals surface area contributed by atoms with E-state index in [2.05, 4.69) is 0 Å². The highest BCUT2D eigenvalue weighted by molar-refractivity contribution is 6.04. The number of likely N-dealkylation sites (tertiary alicyclic amines) is 3. The monoisotopic (exact) mass is 1310 g/mol. The first-order valence-electron chi connectivity index (χ1n) is 33.4. The lowest BCUT2D eigenvalue weighted by Crippen LogP contribution is -2.51. The van der Waals surface area contributed by atoms with Crippen LogP contribution >= 0.6 is 0 Å². The molecule has 1 unspecified atom stereocenters. The van der Waals surface area contributed by atoms with Gasteiger partial charge in [-0.15, -0.1) is 0 Å². The van der Waals surface area contributed by atoms with Crippen molar-refractivity contribution in [2.24, 2.45) is 0 Å². The summed E-state index contributed by atoms with van der Waals surface area (Å²) in [5.74, 6) is -2.87. The van der Waals surface area contributed by atoms with Gasteiger partial charge in [-0.25, -0.2) is 28.8 Å². The van der Waals surface area contributed by atoms with E-state index in [4.69, 9.17) is 28.4 Å². The van der Waals surface area contributed by atoms with Crippen molar-refractivity contribution >= 4 is 80.9 Å². The van der Waals surface area contributed by atoms with Crippen LogP contribution in [0.2, 0.25) is 0 Å². The molecule has 3 aliphatic rings. The van der Waals surface area contributed by atoms with Gasteiger partial charge in [-0.1, -0.05) is 97.1 Å². The number of nitrogens with zero attached hydrogens (tertiary/aromatic N) is 3. The van der Waals surface area contributed by atoms with Crippen molar-refractivity contribution in [1.29, 1.82) is 0 Å². The lowest BCUT2D eigenvalue weighted by atomic mass is 9.95. The molecule has 0 aliphatic carbocycles. The van der Waals surface area contributed by atoms with E-state index in [-0.39, 0.29) is 55.4 Å². The fraction of sp³-hybridized carbons (Fsp3) is 0.455. The van der Waals surface area contributed by atoms with Crippen molar-refractivity contribution in [3.63, 3.8) is 0 Å². The van der Waals surface area contributed by atoms with E-state index in [1.807, 2.05) is 72.8 Å². The molecule has 3 aliphatic heterocycles. The standard InChI is InChI=1S/C77H89N3O16/c1-74(2,3)94-71(88)78-40-14-11-17-61(78)68(85)91-47-66(83)59-34-32-55-43-53(28-30-57(55)45-59)49-20-24-51(25-21-49)64(81)36-38-76(7,8)93-70(87)63-19-13-16-42-80(63)73(90)96-77(9,10)39-37-65(82)52-26-22-50(23-27-52)54-29-31-58-46-60(35-33-56(58)44-54)67(84)48-92-69(86)62-18-12-15-41-79(62)72(89)95-75(4,5)6/h20-35,43-46,61-63H,11-19,36-42,47-48H2,1-10H3/t61-,62-,63?/m0/s1. The summed E-state index contributed by atoms with van der Waals surface area (Å²) in [6, 6.07) is 34.1. The zero-order chi connectivity index (χ0) is 69.3. The second-order valence-electron chi connectivity index (χ2n) is 28.5. The topological polar surface area (TPSA) is 236 Å². The maximum atomic E-state index is 13.9. The molecular weight excluding hydrogens is 1220 g/mol. The molecule has 3 heterocycles. The summed E-state index contributed by atoms with van der Waals surface area (Å²) < 4.78 is 34.0. The number of Topliss-reactive ketones (excluding diaryl/α,β-unsaturated/α-hetero) is 4. The summed E-state index contributed by atoms with van der Waals surface area (Å²) >= 11 is 0. The molecule has 3 saturated heterocycles. The largest absolute Gasteiger partial charge is 0.458 e. The van der Waals surface area contributed by atoms with Gasteiger partial charge in [-0.2, -0.15) is 0 Å². The molecule has 0 N–H and O–H groups in total. The van der Waals surface area contributed by atoms with Crippen LogP contribution in [0.25, 0.3) is 43.8 Å². The minimum atomic E-state index is -1.06. The van der Waals surface area contributed by atoms with E-state index < -0.39 is 89.9 Å². The second kappa shape index (κ2) is 30.2. The van der Waals surface area contributed by atoms with Crippen LogP contribution in [0.5, 0.6) is 0 Å². The number of piperidine rings is 3. The van der Waals surface area contributed by atoms with Crippen molar-refractivity contribution in [2.75, 3.05) is 32.8 Å². The Labute approximate surface area is 561 Å². The molecule has 6 aromatic rings. The van der Waals surface area contributed by atoms with Crippen LogP contribution in [0.15, 0.2) is 121 Å². The molecule has 0 aromatic heterocycles. The van der Waals surface area contributed by atoms with Crippen molar-refractivity contribution < 1.29 is 76.4 Å². The third kappa shape index (κ3) is 18.8. The molecule has 96 heavy (non-hydrogen) atoms. The van der Waals surface area contributed by atoms with Gasteiger partial charge in [-0.05, 0) is 208 Å². The third-order valence-electron chi connectivity index (χ3n) is 17.6. The van der Waals surface area contributed by atoms with E-state index >= 15 is 0 Å². The molecule has 19 nitrogen and oxygen atoms in total. The van der Waals surface area contributed by atoms with E-state index in [9.17, 15) is 47.9 Å². The molecule has 6 aromatic carbocycles. The van der Waals surface area contributed by atoms with Crippen molar-refractivity contribution in [3.8, 4) is 22.3 Å². The number of amides is 3. The maximum Gasteiger partial charge on any atom is 0.411 e. The molecule has 9 rings (SSSR count). The Kier molecular flexibility index (Phi) is 22.4. The number of hydrogen-bond donors (Lipinski definition) is 0. The van der Waals surface area contributed by atoms with E-state index in [0.717, 1.165) is 69.5 Å². The van der Waals surface area contributed by atoms with Gasteiger partial charge < -0.3 is 28.4 Å². The van der Waals surface area contributed by atoms with Crippen LogP contribution in [0, 0.1) is 0 Å². The first-order chi connectivity index (χ1) is 45.4. The normalized spacial score (nSPS) is 17.1. The van der Waals surface area contributed by atoms with E-state index in [1.165, 1.54) is 14.7 Å². The number of benzene rings is 6. The van der Waals surface area contributed by atoms with Gasteiger partial charge in [0.25, 0.3) is 0 Å². The number of ketones is 4. The van der Waals surface area contributed by atoms with E-state index in [1.54, 1.807) is 118 Å². The molecule has 0 bridgehead atoms. The molecule has 3 atom stereocenters. The van der Waals surface area contributed by atoms with Gasteiger partial charge in [-0.3, -0.25) is 33.9 Å². The lowest BCUT2D eigenvalue weighted by Gasteiger charge is -2.37. The SMILES string of the molecule is CC(C)(C)OC(=O)N1CCCC[C@H]1C(=O)OCC(=O)c1ccc2cc(-c3ccc(C(=O)CCC(C)(C)OC(=O)C4CCCCN4C(=O)OC(C)(C)CCC(=O)c4ccc(-c5ccc6cc(C(=O)COC(=O)[C@@H]7CCCCN7C(=O)OC(C)(C)C)ccc6c5)cc4)cc3)ccc2c1. The van der Waals surface area contributed by atoms with Crippen molar-refractivity contribution in [2.45, 2.75) is 193 Å². The number of carbonyl (C=O) groups excluding carboxylic acids is 10. The smallest absolute Gasteiger partial charge is 0.411 e. The van der Waals surface area contributed by atoms with E-state index in [0.29, 0.717) is 67.4 Å². The maximum absolute atomic E-state index is 13.9. The number of carbonyl (C=O) groups is 10. The molecule has 0 saturated carbocycles. The zero-order valence-corrected chi connectivity index (χ0v) is 56.9. The fourth-order valence-corrected chi connectivity index (χ4v) is 12.2. The van der Waals surface area contributed by atoms with Crippen LogP contribution in [0.4, 0.5) is 14.4 Å². The molecule has 3 amide bonds. The van der Waals surface area contributed by atoms with Crippen molar-refractivity contribution in [1.82, 2.24) is 14.7 Å². The van der Waals surface area contributed by atoms with Gasteiger partial charge >= 0.3 is 36.2 Å². The van der Waals surface area contributed by atoms with Gasteiger partial charge in [0.15, 0.2) is 36.3 Å². The average Bonchev–Trinajstić information content (AvgIpc) is 0.835. The fourth-order valence-electron chi connectivity index (χ4n) is 12.2. The number of esters is 3. The minimum absolute atomic E-state index is 0.0908. The molecule has 0 radical (unpaired) electrons. The van der Waals surface area contributed by atoms with Crippen LogP contribution in [-0.2, 0) is 42.8 Å². The Morgan fingerprint density at radius 3 is 1.03 bits per heavy atom. The Balaban J connectivity index is 0.707. The van der Waals surface area contributed by atoms with Crippen LogP contribution in [-0.4, -0.2) is 147 Å². The summed E-state index contributed by atoms with van der Waals surface area (Å²) in [6.45, 7) is 17.6. The number of hydrogen-bond acceptors (Lipinski definition) is 16. The van der Waals surface area contributed by atoms with Crippen molar-refractivity contribution in [3.05, 3.63) is 144 Å². The number of rotatable bonds is 21. The van der Waals surface area contributed by atoms with Gasteiger partial charge in [0.2, 0.25) is 0 Å². The summed E-state index contributed by atoms with van der Waals surface area (Å²) in [5.41, 5.74) is 1.72. The predicted octanol–water partition coefficient (Wildman–Crippen LogP) is 15.1. The summed E-state index contributed by atoms with van der Waals surface area (Å²) in [4.78, 5) is 137. The summed E-state index contributed by atoms with van der Waals surface area (Å²) in [6.07, 6.45) is 4.35. The minimum Gasteiger partial charge on any atom is -0.458 e. The summed E-state index contributed by atoms with van der Waals surface area (Å²) in [5, 5.41) is 3.36. The summed E-state index contributed by atoms with van der Waals surface area (Å²) in [7, 11) is 0. The molecule has 0 spiro atoms. The highest BCUT2D eigenvalue weighted by atomic mass is 16.6. The number of fused-ring (bicyclic) bond motifs is 2. The Hall–Kier alpha value is -9.26. The van der Waals surface area contributed by atoms with Gasteiger partial charge in [0.05, 0.1) is 0 Å². The molecule has 3 fully saturated rings. The first kappa shape index (κ1) is 71.0. The number of ether oxygens (including phenoxy) is 6. The Bertz CT molecular complexity index is 3660. The predicted molar refractivity (Wildman–Crippen MR) is 363 cm³/mol. The molecule has 19 heteroatoms. The average molecular weight is 1310 g/mol. The highest BCUT2D eigenvalue weighted by Gasteiger charge is 2.41. The quantitative estimate of drug-likeness (QED) is 0.0370. The highest BCUT2D eigenvalue weighted by Crippen LogP contribution is 2.32. The van der Waals surface area contributed by atoms with Crippen LogP contribution < -0.4 is 0 Å². The lowest BCUT2D eigenvalue weighted by molar-refractivity contribution is -0.164. The molecular formula is C77H89N3O16. The zero-order valence-electron chi connectivity index (χ0n) is 56.9.